The highest BCUT2D eigenvalue weighted by Crippen LogP contribution is 2.14. The van der Waals surface area contributed by atoms with Gasteiger partial charge in [0.1, 0.15) is 6.61 Å². The van der Waals surface area contributed by atoms with Crippen molar-refractivity contribution in [2.45, 2.75) is 19.4 Å². The molecule has 3 nitrogen and oxygen atoms in total. The standard InChI is InChI=1S/C7H11NO2/c1-3-6-5-10-7(9)8(6)4-2/h4,6H,2-3,5H2,1H3/t6-/m1/s1. The highest BCUT2D eigenvalue weighted by Gasteiger charge is 2.28. The number of cyclic esters (lactones) is 1. The molecule has 0 spiro atoms. The molecule has 0 aromatic rings. The molecule has 0 aliphatic carbocycles. The van der Waals surface area contributed by atoms with Gasteiger partial charge in [0.2, 0.25) is 0 Å². The van der Waals surface area contributed by atoms with Crippen LogP contribution in [-0.2, 0) is 4.74 Å². The molecule has 0 bridgehead atoms. The molecule has 10 heavy (non-hydrogen) atoms. The predicted molar refractivity (Wildman–Crippen MR) is 37.5 cm³/mol. The summed E-state index contributed by atoms with van der Waals surface area (Å²) < 4.78 is 4.78. The van der Waals surface area contributed by atoms with Crippen LogP contribution in [0.1, 0.15) is 13.3 Å². The second-order valence-corrected chi connectivity index (χ2v) is 2.23. The number of nitrogens with zero attached hydrogens (tertiary/aromatic N) is 1. The summed E-state index contributed by atoms with van der Waals surface area (Å²) in [6.07, 6.45) is 2.16. The van der Waals surface area contributed by atoms with Crippen molar-refractivity contribution in [3.05, 3.63) is 12.8 Å². The lowest BCUT2D eigenvalue weighted by atomic mass is 10.2. The maximum Gasteiger partial charge on any atom is 0.414 e. The third-order valence-corrected chi connectivity index (χ3v) is 1.67. The minimum absolute atomic E-state index is 0.199. The van der Waals surface area contributed by atoms with Gasteiger partial charge in [0.25, 0.3) is 0 Å². The van der Waals surface area contributed by atoms with E-state index in [4.69, 9.17) is 4.74 Å². The lowest BCUT2D eigenvalue weighted by Gasteiger charge is -2.13. The number of ether oxygens (including phenoxy) is 1. The first kappa shape index (κ1) is 7.12. The maximum atomic E-state index is 10.8. The van der Waals surface area contributed by atoms with Gasteiger partial charge in [-0.1, -0.05) is 13.5 Å². The Bertz CT molecular complexity index is 156. The van der Waals surface area contributed by atoms with E-state index in [2.05, 4.69) is 6.58 Å². The van der Waals surface area contributed by atoms with Crippen molar-refractivity contribution in [1.82, 2.24) is 4.90 Å². The molecule has 1 atom stereocenters. The first-order valence-corrected chi connectivity index (χ1v) is 3.37. The van der Waals surface area contributed by atoms with Gasteiger partial charge in [0.05, 0.1) is 6.04 Å². The summed E-state index contributed by atoms with van der Waals surface area (Å²) in [5.41, 5.74) is 0. The molecule has 0 aromatic heterocycles. The largest absolute Gasteiger partial charge is 0.447 e. The zero-order valence-electron chi connectivity index (χ0n) is 6.04. The summed E-state index contributed by atoms with van der Waals surface area (Å²) in [6.45, 7) is 6.03. The second kappa shape index (κ2) is 2.73. The normalized spacial score (nSPS) is 24.7. The molecule has 1 heterocycles. The van der Waals surface area contributed by atoms with E-state index in [-0.39, 0.29) is 12.1 Å². The Balaban J connectivity index is 2.62. The van der Waals surface area contributed by atoms with Crippen molar-refractivity contribution in [2.75, 3.05) is 6.61 Å². The van der Waals surface area contributed by atoms with E-state index in [0.29, 0.717) is 6.61 Å². The van der Waals surface area contributed by atoms with Gasteiger partial charge < -0.3 is 4.74 Å². The van der Waals surface area contributed by atoms with Crippen LogP contribution in [-0.4, -0.2) is 23.6 Å². The Labute approximate surface area is 60.3 Å². The molecule has 56 valence electrons. The second-order valence-electron chi connectivity index (χ2n) is 2.23. The third-order valence-electron chi connectivity index (χ3n) is 1.67. The van der Waals surface area contributed by atoms with E-state index >= 15 is 0 Å². The Kier molecular flexibility index (Phi) is 1.94. The van der Waals surface area contributed by atoms with Crippen LogP contribution in [0.2, 0.25) is 0 Å². The summed E-state index contributed by atoms with van der Waals surface area (Å²) in [6, 6.07) is 0.199. The Morgan fingerprint density at radius 2 is 2.70 bits per heavy atom. The minimum Gasteiger partial charge on any atom is -0.447 e. The molecule has 1 aliphatic rings. The Hall–Kier alpha value is -0.990. The molecule has 1 rings (SSSR count). The average molecular weight is 141 g/mol. The fourth-order valence-corrected chi connectivity index (χ4v) is 1.01. The smallest absolute Gasteiger partial charge is 0.414 e. The molecule has 0 saturated carbocycles. The zero-order chi connectivity index (χ0) is 7.56. The van der Waals surface area contributed by atoms with Crippen LogP contribution in [0.15, 0.2) is 12.8 Å². The van der Waals surface area contributed by atoms with Crippen molar-refractivity contribution in [2.24, 2.45) is 0 Å². The van der Waals surface area contributed by atoms with Crippen molar-refractivity contribution in [3.8, 4) is 0 Å². The number of rotatable bonds is 2. The van der Waals surface area contributed by atoms with Crippen LogP contribution in [0.25, 0.3) is 0 Å². The summed E-state index contributed by atoms with van der Waals surface area (Å²) in [7, 11) is 0. The number of amides is 1. The molecule has 3 heteroatoms. The maximum absolute atomic E-state index is 10.8. The monoisotopic (exact) mass is 141 g/mol. The van der Waals surface area contributed by atoms with Crippen molar-refractivity contribution >= 4 is 6.09 Å². The minimum atomic E-state index is -0.276. The van der Waals surface area contributed by atoms with Crippen LogP contribution in [0.3, 0.4) is 0 Å². The molecule has 0 aromatic carbocycles. The summed E-state index contributed by atoms with van der Waals surface area (Å²) in [4.78, 5) is 12.3. The lowest BCUT2D eigenvalue weighted by molar-refractivity contribution is 0.166. The van der Waals surface area contributed by atoms with Gasteiger partial charge in [-0.2, -0.15) is 0 Å². The Morgan fingerprint density at radius 1 is 2.00 bits per heavy atom. The molecule has 1 aliphatic heterocycles. The molecule has 0 N–H and O–H groups in total. The molecule has 0 radical (unpaired) electrons. The van der Waals surface area contributed by atoms with Gasteiger partial charge in [-0.3, -0.25) is 4.90 Å². The van der Waals surface area contributed by atoms with Crippen LogP contribution in [0.5, 0.6) is 0 Å². The van der Waals surface area contributed by atoms with E-state index in [1.807, 2.05) is 6.92 Å². The van der Waals surface area contributed by atoms with E-state index in [1.54, 1.807) is 0 Å². The van der Waals surface area contributed by atoms with Gasteiger partial charge in [0.15, 0.2) is 0 Å². The number of hydrogen-bond acceptors (Lipinski definition) is 2. The fourth-order valence-electron chi connectivity index (χ4n) is 1.01. The van der Waals surface area contributed by atoms with Crippen LogP contribution < -0.4 is 0 Å². The number of hydrogen-bond donors (Lipinski definition) is 0. The first-order valence-electron chi connectivity index (χ1n) is 3.37. The molecular weight excluding hydrogens is 130 g/mol. The highest BCUT2D eigenvalue weighted by atomic mass is 16.6. The van der Waals surface area contributed by atoms with E-state index in [0.717, 1.165) is 6.42 Å². The predicted octanol–water partition coefficient (Wildman–Crippen LogP) is 1.36. The molecule has 1 saturated heterocycles. The number of carbonyl (C=O) groups excluding carboxylic acids is 1. The molecular formula is C7H11NO2. The fraction of sp³-hybridized carbons (Fsp3) is 0.571. The van der Waals surface area contributed by atoms with E-state index < -0.39 is 0 Å². The molecule has 1 amide bonds. The first-order chi connectivity index (χ1) is 4.79. The van der Waals surface area contributed by atoms with Crippen LogP contribution in [0, 0.1) is 0 Å². The number of carbonyl (C=O) groups is 1. The SMILES string of the molecule is C=CN1C(=O)OC[C@H]1CC. The van der Waals surface area contributed by atoms with Crippen LogP contribution >= 0.6 is 0 Å². The molecule has 1 fully saturated rings. The van der Waals surface area contributed by atoms with E-state index in [1.165, 1.54) is 11.1 Å². The Morgan fingerprint density at radius 3 is 3.10 bits per heavy atom. The van der Waals surface area contributed by atoms with Crippen molar-refractivity contribution in [3.63, 3.8) is 0 Å². The van der Waals surface area contributed by atoms with Crippen molar-refractivity contribution < 1.29 is 9.53 Å². The average Bonchev–Trinajstić information content (AvgIpc) is 2.30. The summed E-state index contributed by atoms with van der Waals surface area (Å²) in [5, 5.41) is 0. The van der Waals surface area contributed by atoms with Gasteiger partial charge in [-0.05, 0) is 6.42 Å². The van der Waals surface area contributed by atoms with Crippen LogP contribution in [0.4, 0.5) is 4.79 Å². The third kappa shape index (κ3) is 0.988. The molecule has 0 unspecified atom stereocenters. The quantitative estimate of drug-likeness (QED) is 0.581. The van der Waals surface area contributed by atoms with Gasteiger partial charge >= 0.3 is 6.09 Å². The van der Waals surface area contributed by atoms with E-state index in [9.17, 15) is 4.79 Å². The summed E-state index contributed by atoms with van der Waals surface area (Å²) in [5.74, 6) is 0. The highest BCUT2D eigenvalue weighted by molar-refractivity contribution is 5.71. The topological polar surface area (TPSA) is 29.5 Å². The lowest BCUT2D eigenvalue weighted by Crippen LogP contribution is -2.26. The van der Waals surface area contributed by atoms with Gasteiger partial charge in [-0.15, -0.1) is 0 Å². The van der Waals surface area contributed by atoms with Crippen molar-refractivity contribution in [1.29, 1.82) is 0 Å². The summed E-state index contributed by atoms with van der Waals surface area (Å²) >= 11 is 0. The van der Waals surface area contributed by atoms with Gasteiger partial charge in [-0.25, -0.2) is 4.79 Å². The van der Waals surface area contributed by atoms with Gasteiger partial charge in [0, 0.05) is 6.20 Å². The zero-order valence-corrected chi connectivity index (χ0v) is 6.04.